The summed E-state index contributed by atoms with van der Waals surface area (Å²) in [6, 6.07) is 13.8. The first-order chi connectivity index (χ1) is 9.28. The molecule has 0 saturated heterocycles. The fraction of sp³-hybridized carbons (Fsp3) is 0.250. The molecule has 1 aliphatic heterocycles. The highest BCUT2D eigenvalue weighted by atomic mass is 16.5. The van der Waals surface area contributed by atoms with Gasteiger partial charge in [-0.2, -0.15) is 0 Å². The molecule has 0 radical (unpaired) electrons. The van der Waals surface area contributed by atoms with Crippen molar-refractivity contribution >= 4 is 5.69 Å². The Hall–Kier alpha value is -2.16. The highest BCUT2D eigenvalue weighted by Crippen LogP contribution is 2.31. The second kappa shape index (κ2) is 4.84. The zero-order chi connectivity index (χ0) is 13.2. The van der Waals surface area contributed by atoms with Crippen molar-refractivity contribution in [1.82, 2.24) is 0 Å². The summed E-state index contributed by atoms with van der Waals surface area (Å²) in [6.07, 6.45) is 1.07. The van der Waals surface area contributed by atoms with Gasteiger partial charge in [-0.1, -0.05) is 18.2 Å². The van der Waals surface area contributed by atoms with E-state index in [2.05, 4.69) is 29.2 Å². The first-order valence-corrected chi connectivity index (χ1v) is 6.46. The molecule has 0 aliphatic carbocycles. The van der Waals surface area contributed by atoms with Crippen LogP contribution in [0.4, 0.5) is 5.69 Å². The first-order valence-electron chi connectivity index (χ1n) is 6.46. The molecule has 0 saturated carbocycles. The summed E-state index contributed by atoms with van der Waals surface area (Å²) in [4.78, 5) is 2.30. The second-order valence-corrected chi connectivity index (χ2v) is 4.79. The van der Waals surface area contributed by atoms with Crippen LogP contribution < -0.4 is 9.64 Å². The maximum Gasteiger partial charge on any atom is 0.120 e. The molecule has 3 heteroatoms. The number of methoxy groups -OCH3 is 1. The molecule has 3 rings (SSSR count). The number of rotatable bonds is 3. The van der Waals surface area contributed by atoms with Crippen LogP contribution in [0.5, 0.6) is 11.5 Å². The van der Waals surface area contributed by atoms with Crippen molar-refractivity contribution in [1.29, 1.82) is 0 Å². The van der Waals surface area contributed by atoms with Gasteiger partial charge in [0.1, 0.15) is 11.5 Å². The second-order valence-electron chi connectivity index (χ2n) is 4.79. The summed E-state index contributed by atoms with van der Waals surface area (Å²) in [5.41, 5.74) is 3.55. The Kier molecular flexibility index (Phi) is 3.03. The molecule has 0 spiro atoms. The Balaban J connectivity index is 1.87. The van der Waals surface area contributed by atoms with Crippen LogP contribution in [0.1, 0.15) is 11.1 Å². The molecule has 3 nitrogen and oxygen atoms in total. The average molecular weight is 255 g/mol. The van der Waals surface area contributed by atoms with Crippen LogP contribution in [0.2, 0.25) is 0 Å². The van der Waals surface area contributed by atoms with Crippen molar-refractivity contribution in [2.24, 2.45) is 0 Å². The molecule has 1 aliphatic rings. The monoisotopic (exact) mass is 255 g/mol. The van der Waals surface area contributed by atoms with E-state index < -0.39 is 0 Å². The SMILES string of the molecule is COc1ccc(O)c(CN2CCc3ccccc32)c1. The van der Waals surface area contributed by atoms with E-state index in [1.165, 1.54) is 11.3 Å². The van der Waals surface area contributed by atoms with Crippen molar-refractivity contribution in [3.05, 3.63) is 53.6 Å². The van der Waals surface area contributed by atoms with Gasteiger partial charge in [-0.05, 0) is 36.2 Å². The van der Waals surface area contributed by atoms with Crippen LogP contribution in [0.3, 0.4) is 0 Å². The zero-order valence-corrected chi connectivity index (χ0v) is 11.0. The molecular weight excluding hydrogens is 238 g/mol. The van der Waals surface area contributed by atoms with Crippen molar-refractivity contribution in [2.45, 2.75) is 13.0 Å². The van der Waals surface area contributed by atoms with Gasteiger partial charge in [-0.15, -0.1) is 0 Å². The predicted octanol–water partition coefficient (Wildman–Crippen LogP) is 2.96. The van der Waals surface area contributed by atoms with Crippen LogP contribution in [0.15, 0.2) is 42.5 Å². The van der Waals surface area contributed by atoms with Crippen molar-refractivity contribution in [3.63, 3.8) is 0 Å². The summed E-state index contributed by atoms with van der Waals surface area (Å²) in [5.74, 6) is 1.10. The van der Waals surface area contributed by atoms with Gasteiger partial charge in [0.15, 0.2) is 0 Å². The Morgan fingerprint density at radius 1 is 1.21 bits per heavy atom. The summed E-state index contributed by atoms with van der Waals surface area (Å²) < 4.78 is 5.21. The van der Waals surface area contributed by atoms with Crippen LogP contribution in [0.25, 0.3) is 0 Å². The molecule has 1 N–H and O–H groups in total. The predicted molar refractivity (Wildman–Crippen MR) is 75.9 cm³/mol. The molecule has 2 aromatic rings. The molecule has 0 unspecified atom stereocenters. The van der Waals surface area contributed by atoms with Gasteiger partial charge >= 0.3 is 0 Å². The van der Waals surface area contributed by atoms with E-state index in [1.807, 2.05) is 6.07 Å². The molecule has 0 aromatic heterocycles. The van der Waals surface area contributed by atoms with Crippen molar-refractivity contribution < 1.29 is 9.84 Å². The summed E-state index contributed by atoms with van der Waals surface area (Å²) >= 11 is 0. The van der Waals surface area contributed by atoms with E-state index in [4.69, 9.17) is 4.74 Å². The van der Waals surface area contributed by atoms with Gasteiger partial charge in [-0.3, -0.25) is 0 Å². The minimum Gasteiger partial charge on any atom is -0.508 e. The zero-order valence-electron chi connectivity index (χ0n) is 11.0. The van der Waals surface area contributed by atoms with Crippen molar-refractivity contribution in [3.8, 4) is 11.5 Å². The van der Waals surface area contributed by atoms with Crippen LogP contribution >= 0.6 is 0 Å². The van der Waals surface area contributed by atoms with E-state index in [1.54, 1.807) is 19.2 Å². The lowest BCUT2D eigenvalue weighted by atomic mass is 10.1. The average Bonchev–Trinajstić information content (AvgIpc) is 2.85. The van der Waals surface area contributed by atoms with Crippen LogP contribution in [0, 0.1) is 0 Å². The highest BCUT2D eigenvalue weighted by Gasteiger charge is 2.19. The molecule has 0 atom stereocenters. The maximum atomic E-state index is 9.96. The van der Waals surface area contributed by atoms with Crippen LogP contribution in [-0.2, 0) is 13.0 Å². The number of para-hydroxylation sites is 1. The minimum atomic E-state index is 0.324. The molecule has 98 valence electrons. The van der Waals surface area contributed by atoms with Gasteiger partial charge < -0.3 is 14.7 Å². The fourth-order valence-corrected chi connectivity index (χ4v) is 2.59. The third-order valence-electron chi connectivity index (χ3n) is 3.63. The number of hydrogen-bond acceptors (Lipinski definition) is 3. The third-order valence-corrected chi connectivity index (χ3v) is 3.63. The van der Waals surface area contributed by atoms with Crippen molar-refractivity contribution in [2.75, 3.05) is 18.6 Å². The number of ether oxygens (including phenoxy) is 1. The van der Waals surface area contributed by atoms with E-state index in [0.717, 1.165) is 24.3 Å². The lowest BCUT2D eigenvalue weighted by Crippen LogP contribution is -2.19. The molecule has 1 heterocycles. The van der Waals surface area contributed by atoms with E-state index in [9.17, 15) is 5.11 Å². The number of phenolic OH excluding ortho intramolecular Hbond substituents is 1. The number of nitrogens with zero attached hydrogens (tertiary/aromatic N) is 1. The van der Waals surface area contributed by atoms with Gasteiger partial charge in [0.2, 0.25) is 0 Å². The first kappa shape index (κ1) is 11.9. The molecule has 19 heavy (non-hydrogen) atoms. The molecule has 0 fully saturated rings. The number of phenols is 1. The van der Waals surface area contributed by atoms with Gasteiger partial charge in [-0.25, -0.2) is 0 Å². The third kappa shape index (κ3) is 2.24. The Labute approximate surface area is 113 Å². The highest BCUT2D eigenvalue weighted by molar-refractivity contribution is 5.58. The Morgan fingerprint density at radius 2 is 2.05 bits per heavy atom. The Bertz CT molecular complexity index is 595. The smallest absolute Gasteiger partial charge is 0.120 e. The van der Waals surface area contributed by atoms with E-state index in [-0.39, 0.29) is 0 Å². The number of anilines is 1. The lowest BCUT2D eigenvalue weighted by Gasteiger charge is -2.20. The standard InChI is InChI=1S/C16H17NO2/c1-19-14-6-7-16(18)13(10-14)11-17-9-8-12-4-2-3-5-15(12)17/h2-7,10,18H,8-9,11H2,1H3. The van der Waals surface area contributed by atoms with Gasteiger partial charge in [0, 0.05) is 24.3 Å². The number of hydrogen-bond donors (Lipinski definition) is 1. The van der Waals surface area contributed by atoms with Gasteiger partial charge in [0.05, 0.1) is 7.11 Å². The lowest BCUT2D eigenvalue weighted by molar-refractivity contribution is 0.410. The number of aromatic hydroxyl groups is 1. The van der Waals surface area contributed by atoms with Crippen LogP contribution in [-0.4, -0.2) is 18.8 Å². The summed E-state index contributed by atoms with van der Waals surface area (Å²) in [5, 5.41) is 9.96. The molecule has 2 aromatic carbocycles. The summed E-state index contributed by atoms with van der Waals surface area (Å²) in [7, 11) is 1.64. The van der Waals surface area contributed by atoms with E-state index in [0.29, 0.717) is 12.3 Å². The normalized spacial score (nSPS) is 13.4. The summed E-state index contributed by atoms with van der Waals surface area (Å²) in [6.45, 7) is 1.70. The fourth-order valence-electron chi connectivity index (χ4n) is 2.59. The maximum absolute atomic E-state index is 9.96. The molecule has 0 amide bonds. The van der Waals surface area contributed by atoms with E-state index >= 15 is 0 Å². The largest absolute Gasteiger partial charge is 0.508 e. The minimum absolute atomic E-state index is 0.324. The topological polar surface area (TPSA) is 32.7 Å². The quantitative estimate of drug-likeness (QED) is 0.915. The number of benzene rings is 2. The van der Waals surface area contributed by atoms with Gasteiger partial charge in [0.25, 0.3) is 0 Å². The Morgan fingerprint density at radius 3 is 2.89 bits per heavy atom. The molecular formula is C16H17NO2. The molecule has 0 bridgehead atoms. The number of fused-ring (bicyclic) bond motifs is 1.